The number of aliphatic hydroxyl groups is 1. The topological polar surface area (TPSA) is 95.9 Å². The molecule has 140 valence electrons. The van der Waals surface area contributed by atoms with Crippen molar-refractivity contribution < 1.29 is 24.5 Å². The van der Waals surface area contributed by atoms with Gasteiger partial charge in [0.05, 0.1) is 6.10 Å². The van der Waals surface area contributed by atoms with E-state index in [4.69, 9.17) is 4.74 Å². The van der Waals surface area contributed by atoms with Crippen LogP contribution in [0.15, 0.2) is 48.5 Å². The molecule has 0 unspecified atom stereocenters. The summed E-state index contributed by atoms with van der Waals surface area (Å²) in [5.74, 6) is -1.43. The molecule has 0 aromatic heterocycles. The van der Waals surface area contributed by atoms with E-state index in [1.54, 1.807) is 0 Å². The van der Waals surface area contributed by atoms with E-state index in [1.165, 1.54) is 0 Å². The number of carbonyl (C=O) groups excluding carboxylic acids is 1. The van der Waals surface area contributed by atoms with Crippen molar-refractivity contribution in [1.82, 2.24) is 5.32 Å². The van der Waals surface area contributed by atoms with Crippen LogP contribution in [0.4, 0.5) is 4.79 Å². The Morgan fingerprint density at radius 3 is 2.11 bits per heavy atom. The Hall–Kier alpha value is -2.86. The van der Waals surface area contributed by atoms with Crippen LogP contribution in [0.3, 0.4) is 0 Å². The summed E-state index contributed by atoms with van der Waals surface area (Å²) in [7, 11) is 0. The highest BCUT2D eigenvalue weighted by Gasteiger charge is 2.40. The summed E-state index contributed by atoms with van der Waals surface area (Å²) in [5.41, 5.74) is 4.41. The largest absolute Gasteiger partial charge is 0.480 e. The third kappa shape index (κ3) is 3.40. The number of ether oxygens (including phenoxy) is 1. The van der Waals surface area contributed by atoms with Crippen molar-refractivity contribution in [3.05, 3.63) is 59.7 Å². The molecule has 0 radical (unpaired) electrons. The van der Waals surface area contributed by atoms with E-state index >= 15 is 0 Å². The van der Waals surface area contributed by atoms with E-state index in [0.717, 1.165) is 35.1 Å². The van der Waals surface area contributed by atoms with Gasteiger partial charge in [-0.05, 0) is 41.0 Å². The molecule has 1 saturated carbocycles. The molecular weight excluding hydrogens is 346 g/mol. The molecule has 2 aromatic rings. The number of rotatable bonds is 6. The molecule has 4 rings (SSSR count). The van der Waals surface area contributed by atoms with E-state index in [0.29, 0.717) is 0 Å². The SMILES string of the molecule is O=C(N[C@@H](C(=O)O)[C@H](O)C1CC1)OCC1c2ccccc2-c2ccccc21. The van der Waals surface area contributed by atoms with E-state index in [9.17, 15) is 19.8 Å². The molecule has 0 spiro atoms. The second kappa shape index (κ2) is 7.04. The number of aliphatic hydroxyl groups excluding tert-OH is 1. The number of amides is 1. The minimum Gasteiger partial charge on any atom is -0.480 e. The number of carboxylic acids is 1. The Morgan fingerprint density at radius 1 is 1.04 bits per heavy atom. The van der Waals surface area contributed by atoms with Gasteiger partial charge in [-0.3, -0.25) is 0 Å². The molecule has 0 saturated heterocycles. The number of carboxylic acid groups (broad SMARTS) is 1. The standard InChI is InChI=1S/C21H21NO5/c23-19(12-9-10-12)18(20(24)25)22-21(26)27-11-17-15-7-3-1-5-13(15)14-6-2-4-8-16(14)17/h1-8,12,17-19,23H,9-11H2,(H,22,26)(H,24,25)/t18-,19-/m1/s1. The van der Waals surface area contributed by atoms with Gasteiger partial charge in [0.1, 0.15) is 6.61 Å². The third-order valence-electron chi connectivity index (χ3n) is 5.33. The van der Waals surface area contributed by atoms with Gasteiger partial charge in [0.15, 0.2) is 6.04 Å². The quantitative estimate of drug-likeness (QED) is 0.730. The van der Waals surface area contributed by atoms with Crippen molar-refractivity contribution in [2.24, 2.45) is 5.92 Å². The zero-order valence-corrected chi connectivity index (χ0v) is 14.7. The zero-order chi connectivity index (χ0) is 19.0. The Morgan fingerprint density at radius 2 is 1.59 bits per heavy atom. The van der Waals surface area contributed by atoms with Crippen molar-refractivity contribution >= 4 is 12.1 Å². The zero-order valence-electron chi connectivity index (χ0n) is 14.7. The fourth-order valence-electron chi connectivity index (χ4n) is 3.77. The maximum atomic E-state index is 12.2. The molecule has 2 aromatic carbocycles. The van der Waals surface area contributed by atoms with E-state index < -0.39 is 24.2 Å². The lowest BCUT2D eigenvalue weighted by atomic mass is 9.98. The molecule has 6 heteroatoms. The molecule has 2 aliphatic rings. The van der Waals surface area contributed by atoms with Crippen molar-refractivity contribution in [3.63, 3.8) is 0 Å². The maximum Gasteiger partial charge on any atom is 0.407 e. The average molecular weight is 367 g/mol. The van der Waals surface area contributed by atoms with Crippen LogP contribution < -0.4 is 5.32 Å². The lowest BCUT2D eigenvalue weighted by Gasteiger charge is -2.21. The molecule has 0 aliphatic heterocycles. The molecule has 27 heavy (non-hydrogen) atoms. The van der Waals surface area contributed by atoms with Gasteiger partial charge in [-0.15, -0.1) is 0 Å². The number of benzene rings is 2. The first-order valence-electron chi connectivity index (χ1n) is 9.08. The summed E-state index contributed by atoms with van der Waals surface area (Å²) in [6.45, 7) is 0.103. The second-order valence-corrected chi connectivity index (χ2v) is 7.11. The Balaban J connectivity index is 1.45. The minimum atomic E-state index is -1.35. The summed E-state index contributed by atoms with van der Waals surface area (Å²) in [6, 6.07) is 14.6. The molecule has 3 N–H and O–H groups in total. The normalized spacial score (nSPS) is 17.5. The summed E-state index contributed by atoms with van der Waals surface area (Å²) < 4.78 is 5.35. The van der Waals surface area contributed by atoms with Crippen LogP contribution in [0, 0.1) is 5.92 Å². The number of aliphatic carboxylic acids is 1. The molecule has 1 fully saturated rings. The highest BCUT2D eigenvalue weighted by atomic mass is 16.5. The monoisotopic (exact) mass is 367 g/mol. The van der Waals surface area contributed by atoms with Gasteiger partial charge in [-0.25, -0.2) is 9.59 Å². The van der Waals surface area contributed by atoms with Crippen molar-refractivity contribution in [3.8, 4) is 11.1 Å². The predicted molar refractivity (Wildman–Crippen MR) is 98.4 cm³/mol. The summed E-state index contributed by atoms with van der Waals surface area (Å²) >= 11 is 0. The van der Waals surface area contributed by atoms with Crippen LogP contribution in [-0.2, 0) is 9.53 Å². The number of carbonyl (C=O) groups is 2. The van der Waals surface area contributed by atoms with Gasteiger partial charge in [-0.2, -0.15) is 0 Å². The molecule has 6 nitrogen and oxygen atoms in total. The third-order valence-corrected chi connectivity index (χ3v) is 5.33. The lowest BCUT2D eigenvalue weighted by molar-refractivity contribution is -0.142. The molecular formula is C21H21NO5. The van der Waals surface area contributed by atoms with Crippen LogP contribution in [0.25, 0.3) is 11.1 Å². The van der Waals surface area contributed by atoms with Crippen LogP contribution in [0.1, 0.15) is 29.9 Å². The maximum absolute atomic E-state index is 12.2. The molecule has 0 bridgehead atoms. The Labute approximate surface area is 156 Å². The number of alkyl carbamates (subject to hydrolysis) is 1. The first kappa shape index (κ1) is 17.5. The second-order valence-electron chi connectivity index (χ2n) is 7.11. The van der Waals surface area contributed by atoms with Crippen molar-refractivity contribution in [2.75, 3.05) is 6.61 Å². The fraction of sp³-hybridized carbons (Fsp3) is 0.333. The Kier molecular flexibility index (Phi) is 4.58. The average Bonchev–Trinajstić information content (AvgIpc) is 3.47. The van der Waals surface area contributed by atoms with Gasteiger partial charge in [0.25, 0.3) is 0 Å². The minimum absolute atomic E-state index is 0.0695. The Bertz CT molecular complexity index is 831. The van der Waals surface area contributed by atoms with Crippen molar-refractivity contribution in [2.45, 2.75) is 30.9 Å². The number of nitrogens with one attached hydrogen (secondary N) is 1. The number of hydrogen-bond donors (Lipinski definition) is 3. The van der Waals surface area contributed by atoms with E-state index in [-0.39, 0.29) is 18.4 Å². The lowest BCUT2D eigenvalue weighted by Crippen LogP contribution is -2.49. The number of fused-ring (bicyclic) bond motifs is 3. The highest BCUT2D eigenvalue weighted by Crippen LogP contribution is 2.44. The molecule has 0 heterocycles. The van der Waals surface area contributed by atoms with Crippen LogP contribution in [0.2, 0.25) is 0 Å². The molecule has 1 amide bonds. The van der Waals surface area contributed by atoms with Gasteiger partial charge in [0.2, 0.25) is 0 Å². The van der Waals surface area contributed by atoms with Gasteiger partial charge in [-0.1, -0.05) is 48.5 Å². The van der Waals surface area contributed by atoms with Gasteiger partial charge in [0, 0.05) is 5.92 Å². The smallest absolute Gasteiger partial charge is 0.407 e. The predicted octanol–water partition coefficient (Wildman–Crippen LogP) is 2.75. The fourth-order valence-corrected chi connectivity index (χ4v) is 3.77. The van der Waals surface area contributed by atoms with Crippen LogP contribution >= 0.6 is 0 Å². The molecule has 2 aliphatic carbocycles. The van der Waals surface area contributed by atoms with E-state index in [2.05, 4.69) is 5.32 Å². The first-order chi connectivity index (χ1) is 13.1. The van der Waals surface area contributed by atoms with E-state index in [1.807, 2.05) is 48.5 Å². The molecule has 2 atom stereocenters. The van der Waals surface area contributed by atoms with Gasteiger partial charge >= 0.3 is 12.1 Å². The highest BCUT2D eigenvalue weighted by molar-refractivity contribution is 5.81. The van der Waals surface area contributed by atoms with Crippen LogP contribution in [0.5, 0.6) is 0 Å². The van der Waals surface area contributed by atoms with Crippen molar-refractivity contribution in [1.29, 1.82) is 0 Å². The summed E-state index contributed by atoms with van der Waals surface area (Å²) in [4.78, 5) is 23.5. The van der Waals surface area contributed by atoms with Gasteiger partial charge < -0.3 is 20.3 Å². The van der Waals surface area contributed by atoms with Crippen LogP contribution in [-0.4, -0.2) is 41.0 Å². The summed E-state index contributed by atoms with van der Waals surface area (Å²) in [5, 5.41) is 21.6. The summed E-state index contributed by atoms with van der Waals surface area (Å²) in [6.07, 6.45) is -0.374. The first-order valence-corrected chi connectivity index (χ1v) is 9.08. The number of hydrogen-bond acceptors (Lipinski definition) is 4.